The highest BCUT2D eigenvalue weighted by molar-refractivity contribution is 6.38. The van der Waals surface area contributed by atoms with Gasteiger partial charge in [-0.15, -0.1) is 0 Å². The number of nitrogens with zero attached hydrogens (tertiary/aromatic N) is 2. The molecule has 6 nitrogen and oxygen atoms in total. The number of carboxylic acids is 1. The van der Waals surface area contributed by atoms with Gasteiger partial charge in [-0.2, -0.15) is 0 Å². The number of pyridine rings is 1. The van der Waals surface area contributed by atoms with Gasteiger partial charge in [-0.05, 0) is 31.7 Å². The molecule has 0 amide bonds. The number of aromatic nitrogens is 1. The van der Waals surface area contributed by atoms with Crippen molar-refractivity contribution >= 4 is 34.2 Å². The number of hydrogen-bond donors (Lipinski definition) is 2. The second-order valence-corrected chi connectivity index (χ2v) is 8.37. The first kappa shape index (κ1) is 17.0. The topological polar surface area (TPSA) is 82.8 Å². The average Bonchev–Trinajstić information content (AvgIpc) is 3.49. The number of rotatable bonds is 3. The maximum atomic E-state index is 15.0. The zero-order valence-corrected chi connectivity index (χ0v) is 15.2. The monoisotopic (exact) mass is 392 g/mol. The Kier molecular flexibility index (Phi) is 3.44. The van der Waals surface area contributed by atoms with Gasteiger partial charge in [-0.1, -0.05) is 11.6 Å². The first-order chi connectivity index (χ1) is 12.8. The number of benzene rings is 1. The van der Waals surface area contributed by atoms with E-state index in [2.05, 4.69) is 0 Å². The molecule has 3 aliphatic rings. The van der Waals surface area contributed by atoms with Crippen molar-refractivity contribution in [3.05, 3.63) is 38.9 Å². The van der Waals surface area contributed by atoms with Crippen LogP contribution in [0.25, 0.3) is 10.9 Å². The number of carboxylic acid groups (broad SMARTS) is 1. The minimum Gasteiger partial charge on any atom is -0.477 e. The number of halogens is 2. The van der Waals surface area contributed by atoms with Crippen molar-refractivity contribution in [2.24, 2.45) is 5.41 Å². The third-order valence-corrected chi connectivity index (χ3v) is 6.53. The highest BCUT2D eigenvalue weighted by Gasteiger charge is 2.55. The summed E-state index contributed by atoms with van der Waals surface area (Å²) >= 11 is 6.60. The van der Waals surface area contributed by atoms with E-state index in [1.165, 1.54) is 6.20 Å². The first-order valence-corrected chi connectivity index (χ1v) is 9.43. The summed E-state index contributed by atoms with van der Waals surface area (Å²) in [5, 5.41) is 19.7. The molecule has 3 fully saturated rings. The molecular formula is C19H18ClFN2O4. The molecule has 2 saturated carbocycles. The summed E-state index contributed by atoms with van der Waals surface area (Å²) in [7, 11) is 0. The predicted octanol–water partition coefficient (Wildman–Crippen LogP) is 2.79. The fraction of sp³-hybridized carbons (Fsp3) is 0.474. The SMILES string of the molecule is O=C(O)c1cn(C2CC2)c2c(Cl)c(N3CC(O)C4(CC4)C3)c(F)cc2c1=O. The van der Waals surface area contributed by atoms with Crippen LogP contribution in [0.2, 0.25) is 5.02 Å². The van der Waals surface area contributed by atoms with Crippen molar-refractivity contribution in [3.8, 4) is 0 Å². The smallest absolute Gasteiger partial charge is 0.341 e. The fourth-order valence-electron chi connectivity index (χ4n) is 4.29. The van der Waals surface area contributed by atoms with Crippen LogP contribution in [0.1, 0.15) is 42.1 Å². The third-order valence-electron chi connectivity index (χ3n) is 6.17. The van der Waals surface area contributed by atoms with Crippen LogP contribution in [-0.4, -0.2) is 39.9 Å². The second-order valence-electron chi connectivity index (χ2n) is 7.99. The van der Waals surface area contributed by atoms with Crippen LogP contribution in [-0.2, 0) is 0 Å². The highest BCUT2D eigenvalue weighted by Crippen LogP contribution is 2.54. The van der Waals surface area contributed by atoms with Crippen LogP contribution < -0.4 is 10.3 Å². The quantitative estimate of drug-likeness (QED) is 0.839. The molecule has 1 spiro atoms. The molecule has 2 heterocycles. The van der Waals surface area contributed by atoms with E-state index in [-0.39, 0.29) is 33.1 Å². The van der Waals surface area contributed by atoms with Crippen LogP contribution in [0.5, 0.6) is 0 Å². The summed E-state index contributed by atoms with van der Waals surface area (Å²) in [6.45, 7) is 0.820. The van der Waals surface area contributed by atoms with Gasteiger partial charge < -0.3 is 19.7 Å². The van der Waals surface area contributed by atoms with Crippen molar-refractivity contribution in [2.75, 3.05) is 18.0 Å². The van der Waals surface area contributed by atoms with E-state index in [4.69, 9.17) is 11.6 Å². The van der Waals surface area contributed by atoms with Crippen LogP contribution in [0.15, 0.2) is 17.1 Å². The number of fused-ring (bicyclic) bond motifs is 1. The van der Waals surface area contributed by atoms with Crippen LogP contribution in [0, 0.1) is 11.2 Å². The average molecular weight is 393 g/mol. The molecule has 1 aromatic carbocycles. The Balaban J connectivity index is 1.75. The lowest BCUT2D eigenvalue weighted by Gasteiger charge is -2.23. The summed E-state index contributed by atoms with van der Waals surface area (Å²) in [5.41, 5.74) is -0.734. The fourth-order valence-corrected chi connectivity index (χ4v) is 4.70. The molecule has 1 atom stereocenters. The minimum atomic E-state index is -1.34. The lowest BCUT2D eigenvalue weighted by Crippen LogP contribution is -2.24. The summed E-state index contributed by atoms with van der Waals surface area (Å²) < 4.78 is 16.7. The molecule has 142 valence electrons. The normalized spacial score (nSPS) is 23.4. The lowest BCUT2D eigenvalue weighted by atomic mass is 10.0. The predicted molar refractivity (Wildman–Crippen MR) is 98.3 cm³/mol. The van der Waals surface area contributed by atoms with Gasteiger partial charge in [0.2, 0.25) is 5.43 Å². The molecule has 1 saturated heterocycles. The van der Waals surface area contributed by atoms with Gasteiger partial charge in [0.05, 0.1) is 27.7 Å². The zero-order chi connectivity index (χ0) is 19.1. The molecule has 5 rings (SSSR count). The number of carbonyl (C=O) groups is 1. The highest BCUT2D eigenvalue weighted by atomic mass is 35.5. The van der Waals surface area contributed by atoms with E-state index in [0.717, 1.165) is 31.7 Å². The Morgan fingerprint density at radius 2 is 2.04 bits per heavy atom. The summed E-state index contributed by atoms with van der Waals surface area (Å²) in [6.07, 6.45) is 4.32. The summed E-state index contributed by atoms with van der Waals surface area (Å²) in [5.74, 6) is -2.00. The van der Waals surface area contributed by atoms with Crippen molar-refractivity contribution in [3.63, 3.8) is 0 Å². The Labute approximate surface area is 158 Å². The van der Waals surface area contributed by atoms with E-state index in [1.54, 1.807) is 9.47 Å². The van der Waals surface area contributed by atoms with Crippen LogP contribution in [0.4, 0.5) is 10.1 Å². The standard InChI is InChI=1S/C19H18ClFN2O4/c20-14-15-10(17(25)11(18(26)27)6-23(15)9-1-2-9)5-12(21)16(14)22-7-13(24)19(8-22)3-4-19/h5-6,9,13,24H,1-4,7-8H2,(H,26,27). The molecular weight excluding hydrogens is 375 g/mol. The van der Waals surface area contributed by atoms with E-state index < -0.39 is 23.3 Å². The minimum absolute atomic E-state index is 0.0195. The Morgan fingerprint density at radius 3 is 2.59 bits per heavy atom. The lowest BCUT2D eigenvalue weighted by molar-refractivity contribution is 0.0695. The first-order valence-electron chi connectivity index (χ1n) is 9.05. The second kappa shape index (κ2) is 5.45. The van der Waals surface area contributed by atoms with Gasteiger partial charge in [0, 0.05) is 30.7 Å². The number of aromatic carboxylic acids is 1. The molecule has 1 aliphatic heterocycles. The molecule has 0 radical (unpaired) electrons. The van der Waals surface area contributed by atoms with Crippen molar-refractivity contribution in [1.82, 2.24) is 4.57 Å². The number of β-amino-alcohol motifs (C(OH)–C–C–N with tert-alkyl or cyclic N) is 1. The third kappa shape index (κ3) is 2.41. The van der Waals surface area contributed by atoms with Crippen molar-refractivity contribution in [1.29, 1.82) is 0 Å². The van der Waals surface area contributed by atoms with Crippen LogP contribution in [0.3, 0.4) is 0 Å². The van der Waals surface area contributed by atoms with E-state index in [0.29, 0.717) is 18.6 Å². The van der Waals surface area contributed by atoms with Crippen molar-refractivity contribution in [2.45, 2.75) is 37.8 Å². The number of anilines is 1. The summed E-state index contributed by atoms with van der Waals surface area (Å²) in [6, 6.07) is 1.15. The van der Waals surface area contributed by atoms with Gasteiger partial charge >= 0.3 is 5.97 Å². The maximum absolute atomic E-state index is 15.0. The molecule has 1 unspecified atom stereocenters. The molecule has 27 heavy (non-hydrogen) atoms. The van der Waals surface area contributed by atoms with E-state index >= 15 is 0 Å². The van der Waals surface area contributed by atoms with Gasteiger partial charge in [-0.3, -0.25) is 4.79 Å². The van der Waals surface area contributed by atoms with Gasteiger partial charge in [0.15, 0.2) is 0 Å². The Bertz CT molecular complexity index is 1060. The molecule has 2 aromatic rings. The largest absolute Gasteiger partial charge is 0.477 e. The Hall–Kier alpha value is -2.12. The van der Waals surface area contributed by atoms with Crippen molar-refractivity contribution < 1.29 is 19.4 Å². The zero-order valence-electron chi connectivity index (χ0n) is 14.4. The number of hydrogen-bond acceptors (Lipinski definition) is 4. The number of aliphatic hydroxyl groups is 1. The molecule has 0 bridgehead atoms. The molecule has 1 aromatic heterocycles. The van der Waals surface area contributed by atoms with Crippen LogP contribution >= 0.6 is 11.6 Å². The van der Waals surface area contributed by atoms with E-state index in [9.17, 15) is 24.2 Å². The van der Waals surface area contributed by atoms with E-state index in [1.807, 2.05) is 0 Å². The molecule has 8 heteroatoms. The number of aliphatic hydroxyl groups excluding tert-OH is 1. The maximum Gasteiger partial charge on any atom is 0.341 e. The van der Waals surface area contributed by atoms with Gasteiger partial charge in [0.25, 0.3) is 0 Å². The summed E-state index contributed by atoms with van der Waals surface area (Å²) in [4.78, 5) is 25.8. The Morgan fingerprint density at radius 1 is 1.33 bits per heavy atom. The molecule has 2 aliphatic carbocycles. The molecule has 2 N–H and O–H groups in total. The van der Waals surface area contributed by atoms with Gasteiger partial charge in [0.1, 0.15) is 11.4 Å². The van der Waals surface area contributed by atoms with Gasteiger partial charge in [-0.25, -0.2) is 9.18 Å².